The fraction of sp³-hybridized carbons (Fsp3) is 0.0952. The summed E-state index contributed by atoms with van der Waals surface area (Å²) in [7, 11) is 0. The molecule has 0 amide bonds. The van der Waals surface area contributed by atoms with Crippen molar-refractivity contribution in [3.63, 3.8) is 0 Å². The van der Waals surface area contributed by atoms with Crippen LogP contribution < -0.4 is 10.2 Å². The van der Waals surface area contributed by atoms with Crippen LogP contribution in [-0.2, 0) is 13.2 Å². The third-order valence-corrected chi connectivity index (χ3v) is 4.50. The SMILES string of the molecule is S=c1[nH]nc(-c2ccncc2)n1NCc1ccc(OCc2ccccc2)cc1. The second kappa shape index (κ2) is 8.49. The van der Waals surface area contributed by atoms with E-state index < -0.39 is 0 Å². The molecule has 2 aromatic heterocycles. The fourth-order valence-electron chi connectivity index (χ4n) is 2.75. The van der Waals surface area contributed by atoms with Gasteiger partial charge in [0, 0.05) is 18.0 Å². The second-order valence-corrected chi connectivity index (χ2v) is 6.56. The Labute approximate surface area is 167 Å². The highest BCUT2D eigenvalue weighted by Crippen LogP contribution is 2.17. The lowest BCUT2D eigenvalue weighted by Gasteiger charge is -2.11. The number of benzene rings is 2. The highest BCUT2D eigenvalue weighted by molar-refractivity contribution is 7.71. The van der Waals surface area contributed by atoms with E-state index in [4.69, 9.17) is 17.0 Å². The van der Waals surface area contributed by atoms with Crippen LogP contribution in [0.5, 0.6) is 5.75 Å². The number of nitrogens with zero attached hydrogens (tertiary/aromatic N) is 3. The molecule has 0 saturated heterocycles. The van der Waals surface area contributed by atoms with Crippen LogP contribution in [0.1, 0.15) is 11.1 Å². The Bertz CT molecular complexity index is 1080. The van der Waals surface area contributed by atoms with Gasteiger partial charge in [0.25, 0.3) is 0 Å². The number of hydrogen-bond acceptors (Lipinski definition) is 5. The normalized spacial score (nSPS) is 10.6. The first kappa shape index (κ1) is 17.9. The number of H-pyrrole nitrogens is 1. The Morgan fingerprint density at radius 1 is 0.929 bits per heavy atom. The minimum Gasteiger partial charge on any atom is -0.489 e. The second-order valence-electron chi connectivity index (χ2n) is 6.18. The number of rotatable bonds is 7. The Morgan fingerprint density at radius 3 is 2.43 bits per heavy atom. The maximum absolute atomic E-state index is 5.83. The highest BCUT2D eigenvalue weighted by Gasteiger charge is 2.08. The number of aromatic amines is 1. The fourth-order valence-corrected chi connectivity index (χ4v) is 2.95. The molecule has 6 nitrogen and oxygen atoms in total. The van der Waals surface area contributed by atoms with Gasteiger partial charge in [-0.2, -0.15) is 5.10 Å². The van der Waals surface area contributed by atoms with E-state index in [-0.39, 0.29) is 0 Å². The van der Waals surface area contributed by atoms with Crippen LogP contribution >= 0.6 is 12.2 Å². The van der Waals surface area contributed by atoms with Crippen molar-refractivity contribution in [1.82, 2.24) is 19.9 Å². The van der Waals surface area contributed by atoms with Crippen molar-refractivity contribution in [2.24, 2.45) is 0 Å². The molecule has 0 fully saturated rings. The quantitative estimate of drug-likeness (QED) is 0.461. The molecule has 2 heterocycles. The lowest BCUT2D eigenvalue weighted by molar-refractivity contribution is 0.306. The molecule has 2 N–H and O–H groups in total. The van der Waals surface area contributed by atoms with Crippen LogP contribution in [-0.4, -0.2) is 19.9 Å². The van der Waals surface area contributed by atoms with Crippen molar-refractivity contribution in [1.29, 1.82) is 0 Å². The summed E-state index contributed by atoms with van der Waals surface area (Å²) in [5, 5.41) is 7.13. The van der Waals surface area contributed by atoms with Crippen LogP contribution in [0.2, 0.25) is 0 Å². The first-order valence-electron chi connectivity index (χ1n) is 8.87. The van der Waals surface area contributed by atoms with Crippen molar-refractivity contribution in [3.8, 4) is 17.1 Å². The van der Waals surface area contributed by atoms with Crippen LogP contribution in [0.25, 0.3) is 11.4 Å². The van der Waals surface area contributed by atoms with Gasteiger partial charge in [-0.05, 0) is 47.6 Å². The van der Waals surface area contributed by atoms with E-state index in [1.165, 1.54) is 0 Å². The molecule has 0 aliphatic rings. The molecule has 140 valence electrons. The summed E-state index contributed by atoms with van der Waals surface area (Å²) < 4.78 is 8.11. The first-order valence-corrected chi connectivity index (χ1v) is 9.28. The zero-order valence-electron chi connectivity index (χ0n) is 15.1. The summed E-state index contributed by atoms with van der Waals surface area (Å²) >= 11 is 5.34. The number of nitrogens with one attached hydrogen (secondary N) is 2. The summed E-state index contributed by atoms with van der Waals surface area (Å²) in [6.07, 6.45) is 3.46. The standard InChI is InChI=1S/C21H19N5OS/c28-21-25-24-20(18-10-12-22-13-11-18)26(21)23-14-16-6-8-19(9-7-16)27-15-17-4-2-1-3-5-17/h1-13,23H,14-15H2,(H,25,28). The Kier molecular flexibility index (Phi) is 5.44. The molecule has 0 bridgehead atoms. The molecular weight excluding hydrogens is 370 g/mol. The van der Waals surface area contributed by atoms with Gasteiger partial charge in [-0.15, -0.1) is 0 Å². The van der Waals surface area contributed by atoms with Gasteiger partial charge >= 0.3 is 0 Å². The summed E-state index contributed by atoms with van der Waals surface area (Å²) in [5.41, 5.74) is 6.49. The molecule has 4 rings (SSSR count). The number of ether oxygens (including phenoxy) is 1. The maximum Gasteiger partial charge on any atom is 0.214 e. The smallest absolute Gasteiger partial charge is 0.214 e. The Hall–Kier alpha value is -3.45. The number of hydrogen-bond donors (Lipinski definition) is 2. The zero-order chi connectivity index (χ0) is 19.2. The zero-order valence-corrected chi connectivity index (χ0v) is 15.9. The summed E-state index contributed by atoms with van der Waals surface area (Å²) in [6, 6.07) is 21.9. The predicted octanol–water partition coefficient (Wildman–Crippen LogP) is 4.33. The molecule has 7 heteroatoms. The van der Waals surface area contributed by atoms with Crippen molar-refractivity contribution in [2.75, 3.05) is 5.43 Å². The van der Waals surface area contributed by atoms with Crippen molar-refractivity contribution in [3.05, 3.63) is 95.0 Å². The van der Waals surface area contributed by atoms with E-state index in [9.17, 15) is 0 Å². The minimum atomic E-state index is 0.509. The van der Waals surface area contributed by atoms with E-state index in [1.807, 2.05) is 66.7 Å². The average molecular weight is 389 g/mol. The average Bonchev–Trinajstić information content (AvgIpc) is 3.13. The van der Waals surface area contributed by atoms with Gasteiger partial charge in [0.05, 0.1) is 6.54 Å². The summed E-state index contributed by atoms with van der Waals surface area (Å²) in [6.45, 7) is 1.16. The molecule has 2 aromatic carbocycles. The monoisotopic (exact) mass is 389 g/mol. The number of pyridine rings is 1. The van der Waals surface area contributed by atoms with Gasteiger partial charge in [0.1, 0.15) is 12.4 Å². The maximum atomic E-state index is 5.83. The molecule has 0 aliphatic heterocycles. The van der Waals surface area contributed by atoms with Gasteiger partial charge in [-0.3, -0.25) is 4.98 Å². The molecule has 0 radical (unpaired) electrons. The molecule has 0 unspecified atom stereocenters. The van der Waals surface area contributed by atoms with E-state index in [0.29, 0.717) is 17.9 Å². The third-order valence-electron chi connectivity index (χ3n) is 4.22. The summed E-state index contributed by atoms with van der Waals surface area (Å²) in [4.78, 5) is 4.04. The van der Waals surface area contributed by atoms with Crippen molar-refractivity contribution in [2.45, 2.75) is 13.2 Å². The minimum absolute atomic E-state index is 0.509. The van der Waals surface area contributed by atoms with Crippen LogP contribution in [0.4, 0.5) is 0 Å². The molecule has 0 saturated carbocycles. The van der Waals surface area contributed by atoms with E-state index >= 15 is 0 Å². The highest BCUT2D eigenvalue weighted by atomic mass is 32.1. The lowest BCUT2D eigenvalue weighted by Crippen LogP contribution is -2.15. The Balaban J connectivity index is 1.39. The first-order chi connectivity index (χ1) is 13.8. The van der Waals surface area contributed by atoms with Crippen LogP contribution in [0.3, 0.4) is 0 Å². The van der Waals surface area contributed by atoms with Crippen LogP contribution in [0, 0.1) is 4.77 Å². The van der Waals surface area contributed by atoms with Gasteiger partial charge in [-0.1, -0.05) is 42.5 Å². The molecule has 0 aliphatic carbocycles. The largest absolute Gasteiger partial charge is 0.489 e. The van der Waals surface area contributed by atoms with Gasteiger partial charge < -0.3 is 10.2 Å². The van der Waals surface area contributed by atoms with Crippen molar-refractivity contribution >= 4 is 12.2 Å². The molecular formula is C21H19N5OS. The Morgan fingerprint density at radius 2 is 1.68 bits per heavy atom. The lowest BCUT2D eigenvalue weighted by atomic mass is 10.2. The topological polar surface area (TPSA) is 67.8 Å². The molecule has 0 atom stereocenters. The number of aromatic nitrogens is 4. The molecule has 0 spiro atoms. The summed E-state index contributed by atoms with van der Waals surface area (Å²) in [5.74, 6) is 1.56. The predicted molar refractivity (Wildman–Crippen MR) is 111 cm³/mol. The van der Waals surface area contributed by atoms with Gasteiger partial charge in [0.15, 0.2) is 5.82 Å². The van der Waals surface area contributed by atoms with E-state index in [0.717, 1.165) is 28.3 Å². The molecule has 4 aromatic rings. The van der Waals surface area contributed by atoms with Gasteiger partial charge in [0.2, 0.25) is 4.77 Å². The van der Waals surface area contributed by atoms with Crippen LogP contribution in [0.15, 0.2) is 79.1 Å². The third kappa shape index (κ3) is 4.27. The van der Waals surface area contributed by atoms with E-state index in [1.54, 1.807) is 17.1 Å². The van der Waals surface area contributed by atoms with E-state index in [2.05, 4.69) is 20.6 Å². The van der Waals surface area contributed by atoms with Crippen molar-refractivity contribution < 1.29 is 4.74 Å². The van der Waals surface area contributed by atoms with Gasteiger partial charge in [-0.25, -0.2) is 9.77 Å². The molecule has 28 heavy (non-hydrogen) atoms.